The van der Waals surface area contributed by atoms with Crippen LogP contribution < -0.4 is 10.6 Å². The molecule has 0 radical (unpaired) electrons. The second-order valence-corrected chi connectivity index (χ2v) is 8.60. The maximum absolute atomic E-state index is 12.0. The second kappa shape index (κ2) is 9.53. The van der Waals surface area contributed by atoms with Crippen LogP contribution in [-0.4, -0.2) is 24.0 Å². The third-order valence-corrected chi connectivity index (χ3v) is 6.50. The molecule has 164 valence electrons. The molecule has 0 unspecified atom stereocenters. The molecule has 1 amide bonds. The molecule has 1 heterocycles. The van der Waals surface area contributed by atoms with E-state index in [-0.39, 0.29) is 17.8 Å². The summed E-state index contributed by atoms with van der Waals surface area (Å²) in [5.74, 6) is 0.575. The molecule has 1 fully saturated rings. The van der Waals surface area contributed by atoms with Crippen LogP contribution in [0.25, 0.3) is 11.1 Å². The number of methoxy groups -OCH3 is 1. The lowest BCUT2D eigenvalue weighted by Crippen LogP contribution is -2.15. The third kappa shape index (κ3) is 4.83. The molecule has 32 heavy (non-hydrogen) atoms. The van der Waals surface area contributed by atoms with Gasteiger partial charge in [-0.15, -0.1) is 0 Å². The number of amides is 1. The van der Waals surface area contributed by atoms with Crippen LogP contribution >= 0.6 is 15.9 Å². The zero-order valence-electron chi connectivity index (χ0n) is 17.9. The molecule has 4 rings (SSSR count). The number of hydrogen-bond donors (Lipinski definition) is 2. The third-order valence-electron chi connectivity index (χ3n) is 5.53. The maximum Gasteiger partial charge on any atom is 0.338 e. The highest BCUT2D eigenvalue weighted by Gasteiger charge is 2.30. The molecule has 3 aromatic rings. The van der Waals surface area contributed by atoms with Crippen LogP contribution in [0.2, 0.25) is 0 Å². The highest BCUT2D eigenvalue weighted by molar-refractivity contribution is 9.10. The lowest BCUT2D eigenvalue weighted by atomic mass is 9.99. The minimum Gasteiger partial charge on any atom is -0.465 e. The zero-order valence-corrected chi connectivity index (χ0v) is 19.5. The molecule has 1 aliphatic rings. The molecule has 0 bridgehead atoms. The van der Waals surface area contributed by atoms with E-state index in [2.05, 4.69) is 31.5 Å². The fourth-order valence-electron chi connectivity index (χ4n) is 3.42. The van der Waals surface area contributed by atoms with Crippen molar-refractivity contribution in [3.8, 4) is 11.1 Å². The fraction of sp³-hybridized carbons (Fsp3) is 0.240. The first-order chi connectivity index (χ1) is 15.5. The van der Waals surface area contributed by atoms with Crippen molar-refractivity contribution in [1.82, 2.24) is 4.98 Å². The number of carbonyl (C=O) groups excluding carboxylic acids is 2. The molecular weight excluding hydrogens is 470 g/mol. The molecular formula is C25H24BrN3O3. The summed E-state index contributed by atoms with van der Waals surface area (Å²) in [7, 11) is 1.38. The smallest absolute Gasteiger partial charge is 0.338 e. The van der Waals surface area contributed by atoms with Gasteiger partial charge in [0, 0.05) is 12.5 Å². The van der Waals surface area contributed by atoms with Crippen molar-refractivity contribution in [3.63, 3.8) is 0 Å². The SMILES string of the molecule is COC(=O)c1ccccc1-c1ccc(CNc2ncc(NC(=O)C3CC3)c(C)c2Br)cc1. The van der Waals surface area contributed by atoms with E-state index in [1.54, 1.807) is 12.3 Å². The van der Waals surface area contributed by atoms with E-state index in [1.807, 2.05) is 49.4 Å². The number of benzene rings is 2. The lowest BCUT2D eigenvalue weighted by Gasteiger charge is -2.14. The second-order valence-electron chi connectivity index (χ2n) is 7.81. The Balaban J connectivity index is 1.44. The quantitative estimate of drug-likeness (QED) is 0.420. The first-order valence-corrected chi connectivity index (χ1v) is 11.2. The minimum atomic E-state index is -0.352. The standard InChI is InChI=1S/C25H24BrN3O3/c1-15-21(29-24(30)18-11-12-18)14-28-23(22(15)26)27-13-16-7-9-17(10-8-16)19-5-3-4-6-20(19)25(31)32-2/h3-10,14,18H,11-13H2,1-2H3,(H,27,28)(H,29,30). The number of aromatic nitrogens is 1. The van der Waals surface area contributed by atoms with Gasteiger partial charge in [0.25, 0.3) is 0 Å². The molecule has 1 aromatic heterocycles. The summed E-state index contributed by atoms with van der Waals surface area (Å²) in [5, 5.41) is 6.30. The monoisotopic (exact) mass is 493 g/mol. The van der Waals surface area contributed by atoms with E-state index < -0.39 is 0 Å². The normalized spacial score (nSPS) is 12.8. The Morgan fingerprint density at radius 2 is 1.84 bits per heavy atom. The Morgan fingerprint density at radius 1 is 1.12 bits per heavy atom. The van der Waals surface area contributed by atoms with Gasteiger partial charge in [-0.1, -0.05) is 42.5 Å². The van der Waals surface area contributed by atoms with Gasteiger partial charge in [-0.25, -0.2) is 9.78 Å². The Kier molecular flexibility index (Phi) is 6.55. The Labute approximate surface area is 195 Å². The van der Waals surface area contributed by atoms with E-state index in [1.165, 1.54) is 7.11 Å². The molecule has 0 atom stereocenters. The maximum atomic E-state index is 12.0. The molecule has 2 aromatic carbocycles. The van der Waals surface area contributed by atoms with Crippen molar-refractivity contribution in [2.75, 3.05) is 17.7 Å². The Morgan fingerprint density at radius 3 is 2.53 bits per heavy atom. The number of nitrogens with zero attached hydrogens (tertiary/aromatic N) is 1. The Hall–Kier alpha value is -3.19. The van der Waals surface area contributed by atoms with Gasteiger partial charge in [0.1, 0.15) is 5.82 Å². The van der Waals surface area contributed by atoms with Crippen LogP contribution in [-0.2, 0) is 16.1 Å². The summed E-state index contributed by atoms with van der Waals surface area (Å²) in [6.07, 6.45) is 3.62. The highest BCUT2D eigenvalue weighted by atomic mass is 79.9. The average Bonchev–Trinajstić information content (AvgIpc) is 3.67. The van der Waals surface area contributed by atoms with Gasteiger partial charge in [-0.3, -0.25) is 4.79 Å². The number of rotatable bonds is 7. The molecule has 2 N–H and O–H groups in total. The predicted octanol–water partition coefficient (Wildman–Crippen LogP) is 5.57. The van der Waals surface area contributed by atoms with E-state index in [9.17, 15) is 9.59 Å². The summed E-state index contributed by atoms with van der Waals surface area (Å²) in [6.45, 7) is 2.53. The molecule has 1 saturated carbocycles. The predicted molar refractivity (Wildman–Crippen MR) is 129 cm³/mol. The molecule has 6 nitrogen and oxygen atoms in total. The average molecular weight is 494 g/mol. The van der Waals surface area contributed by atoms with Crippen LogP contribution in [0.3, 0.4) is 0 Å². The Bertz CT molecular complexity index is 1160. The van der Waals surface area contributed by atoms with Gasteiger partial charge in [-0.2, -0.15) is 0 Å². The van der Waals surface area contributed by atoms with Gasteiger partial charge < -0.3 is 15.4 Å². The number of halogens is 1. The minimum absolute atomic E-state index is 0.0661. The zero-order chi connectivity index (χ0) is 22.7. The molecule has 7 heteroatoms. The summed E-state index contributed by atoms with van der Waals surface area (Å²) in [6, 6.07) is 15.4. The first kappa shape index (κ1) is 22.0. The van der Waals surface area contributed by atoms with Crippen LogP contribution in [0.4, 0.5) is 11.5 Å². The van der Waals surface area contributed by atoms with Crippen molar-refractivity contribution in [2.24, 2.45) is 5.92 Å². The van der Waals surface area contributed by atoms with Crippen molar-refractivity contribution in [1.29, 1.82) is 0 Å². The number of hydrogen-bond acceptors (Lipinski definition) is 5. The van der Waals surface area contributed by atoms with Crippen LogP contribution in [0, 0.1) is 12.8 Å². The van der Waals surface area contributed by atoms with Crippen LogP contribution in [0.1, 0.15) is 34.3 Å². The van der Waals surface area contributed by atoms with Crippen molar-refractivity contribution < 1.29 is 14.3 Å². The van der Waals surface area contributed by atoms with Crippen molar-refractivity contribution in [2.45, 2.75) is 26.3 Å². The van der Waals surface area contributed by atoms with Gasteiger partial charge in [0.15, 0.2) is 0 Å². The molecule has 0 saturated heterocycles. The van der Waals surface area contributed by atoms with E-state index >= 15 is 0 Å². The molecule has 1 aliphatic carbocycles. The number of ether oxygens (including phenoxy) is 1. The van der Waals surface area contributed by atoms with Gasteiger partial charge in [-0.05, 0) is 64.0 Å². The lowest BCUT2D eigenvalue weighted by molar-refractivity contribution is -0.117. The number of pyridine rings is 1. The molecule has 0 spiro atoms. The van der Waals surface area contributed by atoms with Gasteiger partial charge >= 0.3 is 5.97 Å². The summed E-state index contributed by atoms with van der Waals surface area (Å²) >= 11 is 3.60. The van der Waals surface area contributed by atoms with Gasteiger partial charge in [0.2, 0.25) is 5.91 Å². The van der Waals surface area contributed by atoms with E-state index in [4.69, 9.17) is 4.74 Å². The highest BCUT2D eigenvalue weighted by Crippen LogP contribution is 2.33. The van der Waals surface area contributed by atoms with Gasteiger partial charge in [0.05, 0.1) is 29.0 Å². The number of carbonyl (C=O) groups is 2. The number of anilines is 2. The largest absolute Gasteiger partial charge is 0.465 e. The van der Waals surface area contributed by atoms with Crippen molar-refractivity contribution >= 4 is 39.3 Å². The topological polar surface area (TPSA) is 80.3 Å². The van der Waals surface area contributed by atoms with Crippen molar-refractivity contribution in [3.05, 3.63) is 75.9 Å². The first-order valence-electron chi connectivity index (χ1n) is 10.4. The van der Waals surface area contributed by atoms with Crippen LogP contribution in [0.5, 0.6) is 0 Å². The van der Waals surface area contributed by atoms with E-state index in [0.29, 0.717) is 17.9 Å². The summed E-state index contributed by atoms with van der Waals surface area (Å²) in [4.78, 5) is 28.6. The number of nitrogens with one attached hydrogen (secondary N) is 2. The fourth-order valence-corrected chi connectivity index (χ4v) is 3.87. The number of esters is 1. The van der Waals surface area contributed by atoms with Crippen LogP contribution in [0.15, 0.2) is 59.2 Å². The summed E-state index contributed by atoms with van der Waals surface area (Å²) in [5.41, 5.74) is 5.06. The summed E-state index contributed by atoms with van der Waals surface area (Å²) < 4.78 is 5.72. The van der Waals surface area contributed by atoms with E-state index in [0.717, 1.165) is 45.3 Å². The molecule has 0 aliphatic heterocycles.